The minimum absolute atomic E-state index is 0.000832. The van der Waals surface area contributed by atoms with Gasteiger partial charge in [-0.25, -0.2) is 9.97 Å². The fourth-order valence-corrected chi connectivity index (χ4v) is 5.06. The maximum absolute atomic E-state index is 10.5. The fraction of sp³-hybridized carbons (Fsp3) is 0.393. The van der Waals surface area contributed by atoms with E-state index in [0.717, 1.165) is 65.2 Å². The maximum Gasteiger partial charge on any atom is 0.180 e. The van der Waals surface area contributed by atoms with E-state index in [0.29, 0.717) is 23.6 Å². The van der Waals surface area contributed by atoms with Gasteiger partial charge in [0.2, 0.25) is 0 Å². The Morgan fingerprint density at radius 2 is 1.90 bits per heavy atom. The zero-order valence-corrected chi connectivity index (χ0v) is 22.7. The number of imidazole rings is 1. The summed E-state index contributed by atoms with van der Waals surface area (Å²) in [5.74, 6) is 0.654. The van der Waals surface area contributed by atoms with Crippen molar-refractivity contribution in [3.63, 3.8) is 0 Å². The predicted octanol–water partition coefficient (Wildman–Crippen LogP) is 3.88. The highest BCUT2D eigenvalue weighted by Crippen LogP contribution is 2.32. The minimum atomic E-state index is -0.671. The molecule has 0 saturated carbocycles. The summed E-state index contributed by atoms with van der Waals surface area (Å²) in [6, 6.07) is 5.98. The van der Waals surface area contributed by atoms with E-state index in [-0.39, 0.29) is 5.41 Å². The van der Waals surface area contributed by atoms with Crippen LogP contribution in [0.1, 0.15) is 27.2 Å². The third kappa shape index (κ3) is 5.27. The number of fused-ring (bicyclic) bond motifs is 2. The van der Waals surface area contributed by atoms with Gasteiger partial charge in [0, 0.05) is 49.5 Å². The van der Waals surface area contributed by atoms with Crippen LogP contribution in [0.4, 0.5) is 11.4 Å². The Labute approximate surface area is 226 Å². The second-order valence-corrected chi connectivity index (χ2v) is 11.5. The van der Waals surface area contributed by atoms with Crippen LogP contribution in [0.15, 0.2) is 43.0 Å². The Bertz CT molecular complexity index is 1610. The zero-order chi connectivity index (χ0) is 27.1. The molecular weight excluding hydrogens is 492 g/mol. The summed E-state index contributed by atoms with van der Waals surface area (Å²) < 4.78 is 0. The molecule has 5 aromatic rings. The van der Waals surface area contributed by atoms with Crippen LogP contribution >= 0.6 is 0 Å². The maximum atomic E-state index is 10.5. The number of anilines is 2. The number of likely N-dealkylation sites (N-methyl/N-ethyl adjacent to an activating group) is 1. The first kappa shape index (κ1) is 25.2. The molecule has 0 aliphatic carbocycles. The average Bonchev–Trinajstić information content (AvgIpc) is 3.52. The number of hydrogen-bond donors (Lipinski definition) is 4. The Morgan fingerprint density at radius 3 is 2.69 bits per heavy atom. The number of aliphatic hydroxyl groups is 1. The van der Waals surface area contributed by atoms with Gasteiger partial charge >= 0.3 is 0 Å². The van der Waals surface area contributed by atoms with Crippen molar-refractivity contribution in [2.75, 3.05) is 43.4 Å². The number of H-pyrrole nitrogens is 2. The number of aliphatic hydroxyl groups excluding tert-OH is 1. The molecule has 1 aliphatic heterocycles. The van der Waals surface area contributed by atoms with Gasteiger partial charge in [-0.15, -0.1) is 0 Å². The lowest BCUT2D eigenvalue weighted by molar-refractivity contribution is 0.145. The summed E-state index contributed by atoms with van der Waals surface area (Å²) in [6.07, 6.45) is 7.00. The monoisotopic (exact) mass is 526 g/mol. The minimum Gasteiger partial charge on any atom is -0.374 e. The second kappa shape index (κ2) is 9.90. The summed E-state index contributed by atoms with van der Waals surface area (Å²) in [5.41, 5.74) is 6.53. The Hall–Kier alpha value is -4.09. The Morgan fingerprint density at radius 1 is 1.08 bits per heavy atom. The van der Waals surface area contributed by atoms with Gasteiger partial charge in [0.1, 0.15) is 17.4 Å². The SMILES string of the molecule is CN1CCN(c2ccnc3nc(-c4n[nH]c5cnc(-c6cncc(NC(O)CC(C)(C)C)c6)cc45)[nH]c23)CC1. The van der Waals surface area contributed by atoms with E-state index in [4.69, 9.17) is 4.98 Å². The topological polar surface area (TPSA) is 135 Å². The molecule has 0 aromatic carbocycles. The molecule has 4 N–H and O–H groups in total. The molecule has 0 amide bonds. The van der Waals surface area contributed by atoms with E-state index in [2.05, 4.69) is 73.1 Å². The average molecular weight is 527 g/mol. The molecule has 6 rings (SSSR count). The van der Waals surface area contributed by atoms with Crippen LogP contribution in [0.25, 0.3) is 44.8 Å². The van der Waals surface area contributed by atoms with Crippen molar-refractivity contribution in [1.82, 2.24) is 40.0 Å². The molecule has 0 radical (unpaired) electrons. The van der Waals surface area contributed by atoms with Crippen molar-refractivity contribution in [1.29, 1.82) is 0 Å². The van der Waals surface area contributed by atoms with E-state index in [1.165, 1.54) is 0 Å². The van der Waals surface area contributed by atoms with Crippen molar-refractivity contribution in [3.8, 4) is 22.8 Å². The van der Waals surface area contributed by atoms with Crippen LogP contribution < -0.4 is 10.2 Å². The molecule has 1 fully saturated rings. The van der Waals surface area contributed by atoms with Gasteiger partial charge in [0.05, 0.1) is 35.0 Å². The first-order chi connectivity index (χ1) is 18.7. The Balaban J connectivity index is 1.32. The van der Waals surface area contributed by atoms with Crippen LogP contribution in [0, 0.1) is 5.41 Å². The molecule has 1 unspecified atom stereocenters. The van der Waals surface area contributed by atoms with Crippen molar-refractivity contribution >= 4 is 33.4 Å². The molecule has 0 spiro atoms. The van der Waals surface area contributed by atoms with Gasteiger partial charge in [-0.05, 0) is 37.1 Å². The molecular formula is C28H34N10O. The Kier molecular flexibility index (Phi) is 6.40. The lowest BCUT2D eigenvalue weighted by Gasteiger charge is -2.34. The number of nitrogens with zero attached hydrogens (tertiary/aromatic N) is 7. The quantitative estimate of drug-likeness (QED) is 0.243. The number of piperazine rings is 1. The van der Waals surface area contributed by atoms with Crippen molar-refractivity contribution in [3.05, 3.63) is 43.0 Å². The highest BCUT2D eigenvalue weighted by atomic mass is 16.3. The van der Waals surface area contributed by atoms with E-state index < -0.39 is 6.23 Å². The first-order valence-corrected chi connectivity index (χ1v) is 13.3. The van der Waals surface area contributed by atoms with Gasteiger partial charge in [0.15, 0.2) is 11.5 Å². The van der Waals surface area contributed by atoms with Gasteiger partial charge in [-0.3, -0.25) is 15.1 Å². The smallest absolute Gasteiger partial charge is 0.180 e. The molecule has 1 atom stereocenters. The lowest BCUT2D eigenvalue weighted by Crippen LogP contribution is -2.44. The molecule has 11 nitrogen and oxygen atoms in total. The first-order valence-electron chi connectivity index (χ1n) is 13.3. The third-order valence-corrected chi connectivity index (χ3v) is 7.06. The van der Waals surface area contributed by atoms with Crippen LogP contribution in [-0.2, 0) is 0 Å². The summed E-state index contributed by atoms with van der Waals surface area (Å²) in [6.45, 7) is 10.2. The predicted molar refractivity (Wildman–Crippen MR) is 153 cm³/mol. The summed E-state index contributed by atoms with van der Waals surface area (Å²) in [4.78, 5) is 26.5. The number of hydrogen-bond acceptors (Lipinski definition) is 9. The van der Waals surface area contributed by atoms with Crippen LogP contribution in [0.5, 0.6) is 0 Å². The molecule has 202 valence electrons. The third-order valence-electron chi connectivity index (χ3n) is 7.06. The number of pyridine rings is 3. The summed E-state index contributed by atoms with van der Waals surface area (Å²) in [5, 5.41) is 22.2. The number of rotatable bonds is 6. The van der Waals surface area contributed by atoms with Crippen molar-refractivity contribution in [2.45, 2.75) is 33.4 Å². The van der Waals surface area contributed by atoms with Crippen LogP contribution in [-0.4, -0.2) is 84.6 Å². The molecule has 6 heterocycles. The zero-order valence-electron chi connectivity index (χ0n) is 22.7. The molecule has 0 bridgehead atoms. The van der Waals surface area contributed by atoms with Gasteiger partial charge < -0.3 is 25.2 Å². The van der Waals surface area contributed by atoms with Crippen molar-refractivity contribution < 1.29 is 5.11 Å². The van der Waals surface area contributed by atoms with Crippen LogP contribution in [0.3, 0.4) is 0 Å². The van der Waals surface area contributed by atoms with E-state index >= 15 is 0 Å². The fourth-order valence-electron chi connectivity index (χ4n) is 5.06. The van der Waals surface area contributed by atoms with Crippen LogP contribution in [0.2, 0.25) is 0 Å². The molecule has 39 heavy (non-hydrogen) atoms. The van der Waals surface area contributed by atoms with Gasteiger partial charge in [0.25, 0.3) is 0 Å². The van der Waals surface area contributed by atoms with E-state index in [1.807, 2.05) is 24.4 Å². The lowest BCUT2D eigenvalue weighted by atomic mass is 9.91. The van der Waals surface area contributed by atoms with E-state index in [1.54, 1.807) is 18.6 Å². The van der Waals surface area contributed by atoms with Gasteiger partial charge in [-0.2, -0.15) is 5.10 Å². The summed E-state index contributed by atoms with van der Waals surface area (Å²) in [7, 11) is 2.15. The van der Waals surface area contributed by atoms with Crippen molar-refractivity contribution in [2.24, 2.45) is 5.41 Å². The van der Waals surface area contributed by atoms with Gasteiger partial charge in [-0.1, -0.05) is 20.8 Å². The molecule has 1 aliphatic rings. The number of nitrogens with one attached hydrogen (secondary N) is 3. The summed E-state index contributed by atoms with van der Waals surface area (Å²) >= 11 is 0. The highest BCUT2D eigenvalue weighted by molar-refractivity contribution is 5.96. The molecule has 11 heteroatoms. The standard InChI is InChI=1S/C28H34N10O/c1-28(2,3)13-23(39)32-18-11-17(14-29-15-18)20-12-19-21(16-31-20)35-36-24(19)27-33-25-22(5-6-30-26(25)34-27)38-9-7-37(4)8-10-38/h5-6,11-12,14-16,23,32,39H,7-10,13H2,1-4H3,(H,35,36)(H,30,33,34). The number of aromatic nitrogens is 7. The number of aromatic amines is 2. The highest BCUT2D eigenvalue weighted by Gasteiger charge is 2.21. The second-order valence-electron chi connectivity index (χ2n) is 11.5. The normalized spacial score (nSPS) is 15.8. The molecule has 5 aromatic heterocycles. The largest absolute Gasteiger partial charge is 0.374 e. The molecule has 1 saturated heterocycles. The van der Waals surface area contributed by atoms with E-state index in [9.17, 15) is 5.11 Å².